The van der Waals surface area contributed by atoms with Crippen molar-refractivity contribution in [1.82, 2.24) is 0 Å². The maximum Gasteiger partial charge on any atom is 0.262 e. The van der Waals surface area contributed by atoms with Crippen molar-refractivity contribution in [3.05, 3.63) is 47.8 Å². The zero-order chi connectivity index (χ0) is 18.4. The largest absolute Gasteiger partial charge is 0.493 e. The molecule has 0 unspecified atom stereocenters. The van der Waals surface area contributed by atoms with Gasteiger partial charge in [0.05, 0.1) is 24.3 Å². The zero-order valence-corrected chi connectivity index (χ0v) is 15.0. The van der Waals surface area contributed by atoms with Crippen LogP contribution < -0.4 is 14.2 Å². The van der Waals surface area contributed by atoms with E-state index < -0.39 is 15.8 Å². The van der Waals surface area contributed by atoms with Crippen LogP contribution in [0.5, 0.6) is 11.5 Å². The quantitative estimate of drug-likeness (QED) is 0.724. The summed E-state index contributed by atoms with van der Waals surface area (Å²) in [5.41, 5.74) is 0.620. The summed E-state index contributed by atoms with van der Waals surface area (Å²) in [5, 5.41) is 0. The van der Waals surface area contributed by atoms with Crippen LogP contribution in [0.4, 0.5) is 10.1 Å². The van der Waals surface area contributed by atoms with Crippen LogP contribution in [0.3, 0.4) is 0 Å². The highest BCUT2D eigenvalue weighted by atomic mass is 32.2. The normalized spacial score (nSPS) is 11.2. The van der Waals surface area contributed by atoms with Gasteiger partial charge in [0.2, 0.25) is 0 Å². The standard InChI is InChI=1S/C17H20FNO5S/c1-12-10-13(18)4-7-17(12)25(20,21)19-14-5-6-15(23-3)16(11-14)24-9-8-22-2/h4-7,10-11,19H,8-9H2,1-3H3. The first-order valence-electron chi connectivity index (χ1n) is 7.46. The van der Waals surface area contributed by atoms with Gasteiger partial charge in [-0.15, -0.1) is 0 Å². The zero-order valence-electron chi connectivity index (χ0n) is 14.2. The minimum Gasteiger partial charge on any atom is -0.493 e. The Morgan fingerprint density at radius 1 is 1.04 bits per heavy atom. The third-order valence-electron chi connectivity index (χ3n) is 3.39. The van der Waals surface area contributed by atoms with Gasteiger partial charge in [0, 0.05) is 13.2 Å². The molecule has 2 aromatic rings. The molecule has 0 bridgehead atoms. The van der Waals surface area contributed by atoms with Crippen molar-refractivity contribution >= 4 is 15.7 Å². The first-order chi connectivity index (χ1) is 11.9. The molecule has 0 heterocycles. The number of halogens is 1. The van der Waals surface area contributed by atoms with Crippen LogP contribution in [0.25, 0.3) is 0 Å². The lowest BCUT2D eigenvalue weighted by molar-refractivity contribution is 0.144. The molecule has 0 aliphatic rings. The van der Waals surface area contributed by atoms with E-state index >= 15 is 0 Å². The van der Waals surface area contributed by atoms with Gasteiger partial charge in [0.25, 0.3) is 10.0 Å². The molecule has 136 valence electrons. The topological polar surface area (TPSA) is 73.9 Å². The lowest BCUT2D eigenvalue weighted by Crippen LogP contribution is -2.14. The number of methoxy groups -OCH3 is 2. The fourth-order valence-corrected chi connectivity index (χ4v) is 3.49. The fraction of sp³-hybridized carbons (Fsp3) is 0.294. The van der Waals surface area contributed by atoms with Crippen molar-refractivity contribution in [1.29, 1.82) is 0 Å². The number of anilines is 1. The van der Waals surface area contributed by atoms with Crippen molar-refractivity contribution < 1.29 is 27.0 Å². The van der Waals surface area contributed by atoms with Crippen LogP contribution in [-0.2, 0) is 14.8 Å². The summed E-state index contributed by atoms with van der Waals surface area (Å²) in [5.74, 6) is 0.363. The lowest BCUT2D eigenvalue weighted by atomic mass is 10.2. The SMILES string of the molecule is COCCOc1cc(NS(=O)(=O)c2ccc(F)cc2C)ccc1OC. The summed E-state index contributed by atoms with van der Waals surface area (Å²) < 4.78 is 56.4. The number of ether oxygens (including phenoxy) is 3. The van der Waals surface area contributed by atoms with Gasteiger partial charge in [-0.05, 0) is 42.8 Å². The molecular formula is C17H20FNO5S. The van der Waals surface area contributed by atoms with Crippen molar-refractivity contribution in [2.24, 2.45) is 0 Å². The molecule has 2 rings (SSSR count). The highest BCUT2D eigenvalue weighted by Crippen LogP contribution is 2.31. The number of aryl methyl sites for hydroxylation is 1. The van der Waals surface area contributed by atoms with E-state index in [4.69, 9.17) is 14.2 Å². The molecule has 0 saturated carbocycles. The Morgan fingerprint density at radius 2 is 1.80 bits per heavy atom. The third-order valence-corrected chi connectivity index (χ3v) is 4.93. The summed E-state index contributed by atoms with van der Waals surface area (Å²) in [6, 6.07) is 8.17. The molecule has 0 saturated heterocycles. The van der Waals surface area contributed by atoms with Crippen molar-refractivity contribution in [3.63, 3.8) is 0 Å². The molecule has 25 heavy (non-hydrogen) atoms. The van der Waals surface area contributed by atoms with Gasteiger partial charge >= 0.3 is 0 Å². The number of rotatable bonds is 8. The maximum absolute atomic E-state index is 13.2. The van der Waals surface area contributed by atoms with Crippen LogP contribution in [0, 0.1) is 12.7 Å². The van der Waals surface area contributed by atoms with Gasteiger partial charge in [-0.2, -0.15) is 0 Å². The molecule has 0 aliphatic carbocycles. The van der Waals surface area contributed by atoms with Crippen LogP contribution in [-0.4, -0.2) is 35.9 Å². The summed E-state index contributed by atoms with van der Waals surface area (Å²) >= 11 is 0. The summed E-state index contributed by atoms with van der Waals surface area (Å²) in [6.45, 7) is 2.21. The predicted molar refractivity (Wildman–Crippen MR) is 92.3 cm³/mol. The number of sulfonamides is 1. The van der Waals surface area contributed by atoms with E-state index in [0.717, 1.165) is 6.07 Å². The average Bonchev–Trinajstić information content (AvgIpc) is 2.54. The van der Waals surface area contributed by atoms with E-state index in [0.29, 0.717) is 36.0 Å². The Kier molecular flexibility index (Phi) is 6.22. The average molecular weight is 369 g/mol. The molecule has 8 heteroatoms. The first kappa shape index (κ1) is 19.0. The van der Waals surface area contributed by atoms with E-state index in [1.165, 1.54) is 32.2 Å². The fourth-order valence-electron chi connectivity index (χ4n) is 2.21. The number of hydrogen-bond donors (Lipinski definition) is 1. The van der Waals surface area contributed by atoms with Crippen molar-refractivity contribution in [3.8, 4) is 11.5 Å². The summed E-state index contributed by atoms with van der Waals surface area (Å²) in [7, 11) is -0.818. The number of benzene rings is 2. The molecule has 0 aromatic heterocycles. The predicted octanol–water partition coefficient (Wildman–Crippen LogP) is 2.97. The second-order valence-electron chi connectivity index (χ2n) is 5.22. The van der Waals surface area contributed by atoms with Crippen LogP contribution in [0.15, 0.2) is 41.3 Å². The van der Waals surface area contributed by atoms with Crippen LogP contribution in [0.2, 0.25) is 0 Å². The molecule has 0 atom stereocenters. The summed E-state index contributed by atoms with van der Waals surface area (Å²) in [4.78, 5) is 0.00608. The first-order valence-corrected chi connectivity index (χ1v) is 8.94. The Hall–Kier alpha value is -2.32. The maximum atomic E-state index is 13.2. The molecule has 2 aromatic carbocycles. The van der Waals surface area contributed by atoms with E-state index in [9.17, 15) is 12.8 Å². The molecular weight excluding hydrogens is 349 g/mol. The van der Waals surface area contributed by atoms with E-state index in [1.807, 2.05) is 0 Å². The van der Waals surface area contributed by atoms with Crippen LogP contribution >= 0.6 is 0 Å². The number of nitrogens with one attached hydrogen (secondary N) is 1. The van der Waals surface area contributed by atoms with Gasteiger partial charge in [0.1, 0.15) is 12.4 Å². The van der Waals surface area contributed by atoms with Crippen molar-refractivity contribution in [2.45, 2.75) is 11.8 Å². The highest BCUT2D eigenvalue weighted by Gasteiger charge is 2.18. The minimum absolute atomic E-state index is 0.00608. The molecule has 0 amide bonds. The second kappa shape index (κ2) is 8.17. The van der Waals surface area contributed by atoms with Crippen molar-refractivity contribution in [2.75, 3.05) is 32.2 Å². The van der Waals surface area contributed by atoms with Gasteiger partial charge < -0.3 is 14.2 Å². The third kappa shape index (κ3) is 4.83. The van der Waals surface area contributed by atoms with Gasteiger partial charge in [-0.1, -0.05) is 0 Å². The van der Waals surface area contributed by atoms with Gasteiger partial charge in [-0.25, -0.2) is 12.8 Å². The van der Waals surface area contributed by atoms with Gasteiger partial charge in [0.15, 0.2) is 11.5 Å². The Morgan fingerprint density at radius 3 is 2.44 bits per heavy atom. The van der Waals surface area contributed by atoms with E-state index in [2.05, 4.69) is 4.72 Å². The molecule has 1 N–H and O–H groups in total. The van der Waals surface area contributed by atoms with Crippen LogP contribution in [0.1, 0.15) is 5.56 Å². The highest BCUT2D eigenvalue weighted by molar-refractivity contribution is 7.92. The number of hydrogen-bond acceptors (Lipinski definition) is 5. The van der Waals surface area contributed by atoms with E-state index in [1.54, 1.807) is 19.2 Å². The minimum atomic E-state index is -3.86. The molecule has 0 spiro atoms. The smallest absolute Gasteiger partial charge is 0.262 e. The Balaban J connectivity index is 2.27. The molecule has 0 aliphatic heterocycles. The molecule has 6 nitrogen and oxygen atoms in total. The molecule has 0 fully saturated rings. The Bertz CT molecular complexity index is 839. The van der Waals surface area contributed by atoms with Gasteiger partial charge in [-0.3, -0.25) is 4.72 Å². The van der Waals surface area contributed by atoms with E-state index in [-0.39, 0.29) is 4.90 Å². The molecule has 0 radical (unpaired) electrons. The lowest BCUT2D eigenvalue weighted by Gasteiger charge is -2.14. The monoisotopic (exact) mass is 369 g/mol. The summed E-state index contributed by atoms with van der Waals surface area (Å²) in [6.07, 6.45) is 0. The second-order valence-corrected chi connectivity index (χ2v) is 6.87. The Labute approximate surface area is 146 Å².